The van der Waals surface area contributed by atoms with Crippen LogP contribution in [0.4, 0.5) is 5.13 Å². The van der Waals surface area contributed by atoms with Crippen LogP contribution in [-0.4, -0.2) is 17.0 Å². The van der Waals surface area contributed by atoms with E-state index in [4.69, 9.17) is 0 Å². The number of rotatable bonds is 2. The molecule has 2 rings (SSSR count). The van der Waals surface area contributed by atoms with Crippen LogP contribution in [0.15, 0.2) is 11.6 Å². The summed E-state index contributed by atoms with van der Waals surface area (Å²) >= 11 is 3.28. The maximum Gasteiger partial charge on any atom is 0.182 e. The van der Waals surface area contributed by atoms with Crippen molar-refractivity contribution in [1.82, 2.24) is 9.97 Å². The van der Waals surface area contributed by atoms with Crippen molar-refractivity contribution in [2.45, 2.75) is 6.92 Å². The molecule has 0 aliphatic rings. The predicted molar refractivity (Wildman–Crippen MR) is 57.5 cm³/mol. The van der Waals surface area contributed by atoms with Gasteiger partial charge in [0.05, 0.1) is 15.6 Å². The van der Waals surface area contributed by atoms with E-state index in [1.807, 2.05) is 25.5 Å². The molecule has 0 bridgehead atoms. The van der Waals surface area contributed by atoms with Gasteiger partial charge in [0, 0.05) is 18.6 Å². The van der Waals surface area contributed by atoms with E-state index in [1.54, 1.807) is 22.7 Å². The smallest absolute Gasteiger partial charge is 0.182 e. The first kappa shape index (κ1) is 8.65. The van der Waals surface area contributed by atoms with Gasteiger partial charge in [0.1, 0.15) is 0 Å². The summed E-state index contributed by atoms with van der Waals surface area (Å²) in [4.78, 5) is 9.72. The van der Waals surface area contributed by atoms with Crippen molar-refractivity contribution < 1.29 is 0 Å². The summed E-state index contributed by atoms with van der Waals surface area (Å²) in [5.41, 5.74) is 1.01. The summed E-state index contributed by atoms with van der Waals surface area (Å²) in [6.45, 7) is 2.00. The first-order valence-corrected chi connectivity index (χ1v) is 5.55. The molecule has 0 aromatic carbocycles. The zero-order chi connectivity index (χ0) is 9.26. The topological polar surface area (TPSA) is 37.8 Å². The van der Waals surface area contributed by atoms with Crippen LogP contribution in [0.1, 0.15) is 5.01 Å². The van der Waals surface area contributed by atoms with Gasteiger partial charge in [-0.1, -0.05) is 0 Å². The van der Waals surface area contributed by atoms with Crippen LogP contribution in [0.5, 0.6) is 0 Å². The molecule has 0 unspecified atom stereocenters. The van der Waals surface area contributed by atoms with Crippen molar-refractivity contribution in [2.24, 2.45) is 0 Å². The molecular formula is C8H9N3S2. The lowest BCUT2D eigenvalue weighted by atomic mass is 10.4. The molecule has 0 aliphatic carbocycles. The van der Waals surface area contributed by atoms with Crippen molar-refractivity contribution in [3.8, 4) is 10.6 Å². The first-order valence-electron chi connectivity index (χ1n) is 3.85. The van der Waals surface area contributed by atoms with Gasteiger partial charge in [-0.2, -0.15) is 0 Å². The number of aryl methyl sites for hydroxylation is 1. The highest BCUT2D eigenvalue weighted by atomic mass is 32.1. The number of nitrogens with one attached hydrogen (secondary N) is 1. The molecule has 0 radical (unpaired) electrons. The third-order valence-corrected chi connectivity index (χ3v) is 3.39. The number of hydrogen-bond acceptors (Lipinski definition) is 5. The third-order valence-electron chi connectivity index (χ3n) is 1.59. The fourth-order valence-corrected chi connectivity index (χ4v) is 2.47. The summed E-state index contributed by atoms with van der Waals surface area (Å²) < 4.78 is 0. The van der Waals surface area contributed by atoms with Crippen molar-refractivity contribution in [1.29, 1.82) is 0 Å². The third kappa shape index (κ3) is 1.71. The summed E-state index contributed by atoms with van der Waals surface area (Å²) in [7, 11) is 1.88. The molecule has 13 heavy (non-hydrogen) atoms. The largest absolute Gasteiger partial charge is 0.365 e. The molecule has 0 saturated carbocycles. The van der Waals surface area contributed by atoms with Crippen LogP contribution in [0.25, 0.3) is 10.6 Å². The fraction of sp³-hybridized carbons (Fsp3) is 0.250. The molecule has 1 N–H and O–H groups in total. The average molecular weight is 211 g/mol. The Kier molecular flexibility index (Phi) is 2.28. The maximum absolute atomic E-state index is 4.39. The molecule has 2 aromatic heterocycles. The molecule has 0 spiro atoms. The van der Waals surface area contributed by atoms with E-state index < -0.39 is 0 Å². The quantitative estimate of drug-likeness (QED) is 0.829. The van der Waals surface area contributed by atoms with Crippen molar-refractivity contribution in [2.75, 3.05) is 12.4 Å². The molecule has 2 aromatic rings. The van der Waals surface area contributed by atoms with E-state index in [0.717, 1.165) is 20.7 Å². The van der Waals surface area contributed by atoms with Crippen LogP contribution in [0.2, 0.25) is 0 Å². The van der Waals surface area contributed by atoms with Gasteiger partial charge in [0.2, 0.25) is 0 Å². The zero-order valence-electron chi connectivity index (χ0n) is 7.37. The molecule has 3 nitrogen and oxygen atoms in total. The van der Waals surface area contributed by atoms with Gasteiger partial charge in [-0.3, -0.25) is 0 Å². The van der Waals surface area contributed by atoms with E-state index in [2.05, 4.69) is 15.3 Å². The lowest BCUT2D eigenvalue weighted by Gasteiger charge is -1.88. The Hall–Kier alpha value is -0.940. The number of hydrogen-bond donors (Lipinski definition) is 1. The highest BCUT2D eigenvalue weighted by Gasteiger charge is 2.05. The van der Waals surface area contributed by atoms with Crippen molar-refractivity contribution in [3.05, 3.63) is 16.6 Å². The second-order valence-electron chi connectivity index (χ2n) is 2.53. The van der Waals surface area contributed by atoms with Crippen LogP contribution < -0.4 is 5.32 Å². The van der Waals surface area contributed by atoms with Crippen molar-refractivity contribution >= 4 is 27.8 Å². The van der Waals surface area contributed by atoms with Gasteiger partial charge in [0.25, 0.3) is 0 Å². The van der Waals surface area contributed by atoms with E-state index >= 15 is 0 Å². The summed E-state index contributed by atoms with van der Waals surface area (Å²) in [6.07, 6.45) is 1.87. The molecule has 0 amide bonds. The number of anilines is 1. The Morgan fingerprint density at radius 1 is 1.46 bits per heavy atom. The Morgan fingerprint density at radius 2 is 2.31 bits per heavy atom. The minimum absolute atomic E-state index is 0.945. The van der Waals surface area contributed by atoms with Gasteiger partial charge in [-0.15, -0.1) is 22.7 Å². The summed E-state index contributed by atoms with van der Waals surface area (Å²) in [5, 5.41) is 7.08. The molecule has 5 heteroatoms. The maximum atomic E-state index is 4.39. The summed E-state index contributed by atoms with van der Waals surface area (Å²) in [6, 6.07) is 0. The molecule has 0 atom stereocenters. The van der Waals surface area contributed by atoms with E-state index in [0.29, 0.717) is 0 Å². The normalized spacial score (nSPS) is 10.3. The number of nitrogens with zero attached hydrogens (tertiary/aromatic N) is 2. The minimum atomic E-state index is 0.945. The van der Waals surface area contributed by atoms with E-state index in [9.17, 15) is 0 Å². The standard InChI is InChI=1S/C8H9N3S2/c1-5-10-3-7(13-5)6-4-12-8(9-2)11-6/h3-4H,1-2H3,(H,9,11). The van der Waals surface area contributed by atoms with Crippen LogP contribution >= 0.6 is 22.7 Å². The molecule has 0 fully saturated rings. The van der Waals surface area contributed by atoms with Gasteiger partial charge in [0.15, 0.2) is 5.13 Å². The van der Waals surface area contributed by atoms with Crippen molar-refractivity contribution in [3.63, 3.8) is 0 Å². The van der Waals surface area contributed by atoms with Gasteiger partial charge in [-0.05, 0) is 6.92 Å². The number of thiazole rings is 2. The van der Waals surface area contributed by atoms with Crippen LogP contribution in [0.3, 0.4) is 0 Å². The molecule has 2 heterocycles. The lowest BCUT2D eigenvalue weighted by Crippen LogP contribution is -1.84. The Labute approximate surface area is 84.5 Å². The predicted octanol–water partition coefficient (Wildman–Crippen LogP) is 2.62. The fourth-order valence-electron chi connectivity index (χ4n) is 0.982. The first-order chi connectivity index (χ1) is 6.29. The van der Waals surface area contributed by atoms with Crippen LogP contribution in [-0.2, 0) is 0 Å². The number of aromatic nitrogens is 2. The SMILES string of the molecule is CNc1nc(-c2cnc(C)s2)cs1. The monoisotopic (exact) mass is 211 g/mol. The highest BCUT2D eigenvalue weighted by molar-refractivity contribution is 7.16. The van der Waals surface area contributed by atoms with Gasteiger partial charge in [-0.25, -0.2) is 9.97 Å². The molecule has 68 valence electrons. The van der Waals surface area contributed by atoms with Gasteiger partial charge < -0.3 is 5.32 Å². The molecular weight excluding hydrogens is 202 g/mol. The highest BCUT2D eigenvalue weighted by Crippen LogP contribution is 2.28. The Bertz CT molecular complexity index is 405. The van der Waals surface area contributed by atoms with E-state index in [-0.39, 0.29) is 0 Å². The summed E-state index contributed by atoms with van der Waals surface area (Å²) in [5.74, 6) is 0. The van der Waals surface area contributed by atoms with Gasteiger partial charge >= 0.3 is 0 Å². The minimum Gasteiger partial charge on any atom is -0.365 e. The zero-order valence-corrected chi connectivity index (χ0v) is 9.00. The lowest BCUT2D eigenvalue weighted by molar-refractivity contribution is 1.29. The average Bonchev–Trinajstić information content (AvgIpc) is 2.71. The second-order valence-corrected chi connectivity index (χ2v) is 4.62. The Balaban J connectivity index is 2.35. The Morgan fingerprint density at radius 3 is 2.85 bits per heavy atom. The second kappa shape index (κ2) is 3.43. The van der Waals surface area contributed by atoms with E-state index in [1.165, 1.54) is 0 Å². The molecule has 0 aliphatic heterocycles. The molecule has 0 saturated heterocycles. The van der Waals surface area contributed by atoms with Crippen LogP contribution in [0, 0.1) is 6.92 Å².